The Morgan fingerprint density at radius 2 is 1.54 bits per heavy atom. The highest BCUT2D eigenvalue weighted by atomic mass is 32.2. The van der Waals surface area contributed by atoms with Crippen LogP contribution in [0.5, 0.6) is 11.5 Å². The van der Waals surface area contributed by atoms with Gasteiger partial charge < -0.3 is 15.0 Å². The standard InChI is InChI=1S/C32H39N3O5S/c1-4-30(32(37)33-26-10-8-9-11-26)34(22-25-16-14-24(2)15-17-25)31(36)23-35(41(3,38)39)27-18-20-29(21-19-27)40-28-12-6-5-7-13-28/h5-7,12-21,26,30H,4,8-11,22-23H2,1-3H3,(H,33,37)/t30-/m0/s1. The Balaban J connectivity index is 1.58. The van der Waals surface area contributed by atoms with E-state index in [2.05, 4.69) is 5.32 Å². The zero-order chi connectivity index (χ0) is 29.4. The fraction of sp³-hybridized carbons (Fsp3) is 0.375. The molecule has 4 rings (SSSR count). The SMILES string of the molecule is CC[C@@H](C(=O)NC1CCCC1)N(Cc1ccc(C)cc1)C(=O)CN(c1ccc(Oc2ccccc2)cc1)S(C)(=O)=O. The Bertz CT molecular complexity index is 1400. The monoisotopic (exact) mass is 577 g/mol. The Kier molecular flexibility index (Phi) is 10.0. The number of amides is 2. The molecule has 3 aromatic rings. The van der Waals surface area contributed by atoms with Crippen LogP contribution in [-0.2, 0) is 26.2 Å². The van der Waals surface area contributed by atoms with Crippen LogP contribution in [0, 0.1) is 6.92 Å². The Morgan fingerprint density at radius 3 is 2.12 bits per heavy atom. The third-order valence-electron chi connectivity index (χ3n) is 7.34. The summed E-state index contributed by atoms with van der Waals surface area (Å²) < 4.78 is 32.7. The number of hydrogen-bond donors (Lipinski definition) is 1. The number of ether oxygens (including phenoxy) is 1. The average Bonchev–Trinajstić information content (AvgIpc) is 3.46. The number of aryl methyl sites for hydroxylation is 1. The number of para-hydroxylation sites is 1. The van der Waals surface area contributed by atoms with Crippen LogP contribution >= 0.6 is 0 Å². The van der Waals surface area contributed by atoms with Gasteiger partial charge in [-0.05, 0) is 68.1 Å². The molecule has 1 aliphatic carbocycles. The van der Waals surface area contributed by atoms with E-state index in [0.717, 1.165) is 47.4 Å². The molecule has 1 atom stereocenters. The molecule has 1 saturated carbocycles. The minimum Gasteiger partial charge on any atom is -0.457 e. The van der Waals surface area contributed by atoms with Gasteiger partial charge in [0.15, 0.2) is 0 Å². The van der Waals surface area contributed by atoms with Gasteiger partial charge in [0.05, 0.1) is 11.9 Å². The van der Waals surface area contributed by atoms with Gasteiger partial charge >= 0.3 is 0 Å². The number of benzene rings is 3. The summed E-state index contributed by atoms with van der Waals surface area (Å²) in [6, 6.07) is 23.0. The molecule has 8 nitrogen and oxygen atoms in total. The first-order valence-corrected chi connectivity index (χ1v) is 15.9. The molecule has 1 N–H and O–H groups in total. The van der Waals surface area contributed by atoms with Crippen LogP contribution in [0.1, 0.15) is 50.2 Å². The number of nitrogens with zero attached hydrogens (tertiary/aromatic N) is 2. The number of nitrogens with one attached hydrogen (secondary N) is 1. The third-order valence-corrected chi connectivity index (χ3v) is 8.48. The zero-order valence-corrected chi connectivity index (χ0v) is 24.8. The normalized spacial score (nSPS) is 14.3. The Hall–Kier alpha value is -3.85. The van der Waals surface area contributed by atoms with E-state index in [-0.39, 0.29) is 18.5 Å². The van der Waals surface area contributed by atoms with Crippen LogP contribution in [0.3, 0.4) is 0 Å². The van der Waals surface area contributed by atoms with E-state index >= 15 is 0 Å². The number of anilines is 1. The van der Waals surface area contributed by atoms with Crippen LogP contribution < -0.4 is 14.4 Å². The van der Waals surface area contributed by atoms with E-state index in [0.29, 0.717) is 23.6 Å². The maximum Gasteiger partial charge on any atom is 0.244 e. The minimum absolute atomic E-state index is 0.108. The van der Waals surface area contributed by atoms with Gasteiger partial charge in [0.25, 0.3) is 0 Å². The van der Waals surface area contributed by atoms with Crippen molar-refractivity contribution in [3.63, 3.8) is 0 Å². The molecule has 0 saturated heterocycles. The van der Waals surface area contributed by atoms with Gasteiger partial charge in [-0.2, -0.15) is 0 Å². The molecule has 0 aliphatic heterocycles. The molecule has 9 heteroatoms. The van der Waals surface area contributed by atoms with E-state index in [1.165, 1.54) is 4.90 Å². The lowest BCUT2D eigenvalue weighted by atomic mass is 10.1. The quantitative estimate of drug-likeness (QED) is 0.310. The van der Waals surface area contributed by atoms with Crippen molar-refractivity contribution in [2.45, 2.75) is 64.6 Å². The molecule has 41 heavy (non-hydrogen) atoms. The van der Waals surface area contributed by atoms with Gasteiger partial charge in [0.2, 0.25) is 21.8 Å². The topological polar surface area (TPSA) is 96.0 Å². The second-order valence-electron chi connectivity index (χ2n) is 10.6. The molecule has 0 spiro atoms. The molecule has 0 aromatic heterocycles. The molecular formula is C32H39N3O5S. The molecule has 0 unspecified atom stereocenters. The molecule has 1 aliphatic rings. The minimum atomic E-state index is -3.82. The molecule has 218 valence electrons. The molecule has 1 fully saturated rings. The van der Waals surface area contributed by atoms with Crippen molar-refractivity contribution in [2.24, 2.45) is 0 Å². The second-order valence-corrected chi connectivity index (χ2v) is 12.5. The summed E-state index contributed by atoms with van der Waals surface area (Å²) in [7, 11) is -3.82. The van der Waals surface area contributed by atoms with Crippen molar-refractivity contribution in [3.8, 4) is 11.5 Å². The Labute approximate surface area is 243 Å². The molecule has 0 radical (unpaired) electrons. The van der Waals surface area contributed by atoms with Gasteiger partial charge in [-0.15, -0.1) is 0 Å². The lowest BCUT2D eigenvalue weighted by Crippen LogP contribution is -2.53. The van der Waals surface area contributed by atoms with Crippen LogP contribution in [0.15, 0.2) is 78.9 Å². The molecule has 2 amide bonds. The molecule has 0 heterocycles. The maximum absolute atomic E-state index is 13.9. The summed E-state index contributed by atoms with van der Waals surface area (Å²) >= 11 is 0. The van der Waals surface area contributed by atoms with Crippen LogP contribution in [-0.4, -0.2) is 50.0 Å². The highest BCUT2D eigenvalue weighted by Gasteiger charge is 2.33. The van der Waals surface area contributed by atoms with E-state index in [9.17, 15) is 18.0 Å². The predicted molar refractivity (Wildman–Crippen MR) is 161 cm³/mol. The summed E-state index contributed by atoms with van der Waals surface area (Å²) in [4.78, 5) is 28.8. The van der Waals surface area contributed by atoms with E-state index in [1.54, 1.807) is 24.3 Å². The van der Waals surface area contributed by atoms with E-state index in [4.69, 9.17) is 4.74 Å². The summed E-state index contributed by atoms with van der Waals surface area (Å²) in [6.45, 7) is 3.61. The number of carbonyl (C=O) groups is 2. The van der Waals surface area contributed by atoms with Gasteiger partial charge in [0, 0.05) is 12.6 Å². The zero-order valence-electron chi connectivity index (χ0n) is 24.0. The van der Waals surface area contributed by atoms with E-state index in [1.807, 2.05) is 68.4 Å². The number of hydrogen-bond acceptors (Lipinski definition) is 5. The summed E-state index contributed by atoms with van der Waals surface area (Å²) in [6.07, 6.45) is 5.49. The van der Waals surface area contributed by atoms with Gasteiger partial charge in [-0.3, -0.25) is 13.9 Å². The van der Waals surface area contributed by atoms with Crippen molar-refractivity contribution >= 4 is 27.5 Å². The first-order chi connectivity index (χ1) is 19.6. The number of carbonyl (C=O) groups excluding carboxylic acids is 2. The summed E-state index contributed by atoms with van der Waals surface area (Å²) in [5.74, 6) is 0.543. The molecular weight excluding hydrogens is 538 g/mol. The van der Waals surface area contributed by atoms with Gasteiger partial charge in [-0.1, -0.05) is 67.8 Å². The van der Waals surface area contributed by atoms with Crippen LogP contribution in [0.4, 0.5) is 5.69 Å². The van der Waals surface area contributed by atoms with Crippen molar-refractivity contribution in [1.82, 2.24) is 10.2 Å². The largest absolute Gasteiger partial charge is 0.457 e. The molecule has 3 aromatic carbocycles. The first kappa shape index (κ1) is 30.1. The number of rotatable bonds is 12. The van der Waals surface area contributed by atoms with Gasteiger partial charge in [-0.25, -0.2) is 8.42 Å². The second kappa shape index (κ2) is 13.7. The third kappa shape index (κ3) is 8.33. The van der Waals surface area contributed by atoms with Gasteiger partial charge in [0.1, 0.15) is 24.1 Å². The fourth-order valence-electron chi connectivity index (χ4n) is 5.10. The summed E-state index contributed by atoms with van der Waals surface area (Å²) in [5.41, 5.74) is 2.28. The van der Waals surface area contributed by atoms with Crippen LogP contribution in [0.2, 0.25) is 0 Å². The fourth-order valence-corrected chi connectivity index (χ4v) is 5.95. The average molecular weight is 578 g/mol. The lowest BCUT2D eigenvalue weighted by molar-refractivity contribution is -0.140. The highest BCUT2D eigenvalue weighted by Crippen LogP contribution is 2.26. The van der Waals surface area contributed by atoms with Crippen molar-refractivity contribution in [3.05, 3.63) is 90.0 Å². The summed E-state index contributed by atoms with van der Waals surface area (Å²) in [5, 5.41) is 3.12. The maximum atomic E-state index is 13.9. The smallest absolute Gasteiger partial charge is 0.244 e. The highest BCUT2D eigenvalue weighted by molar-refractivity contribution is 7.92. The molecule has 0 bridgehead atoms. The van der Waals surface area contributed by atoms with E-state index < -0.39 is 28.5 Å². The first-order valence-electron chi connectivity index (χ1n) is 14.1. The van der Waals surface area contributed by atoms with Crippen LogP contribution in [0.25, 0.3) is 0 Å². The number of sulfonamides is 1. The van der Waals surface area contributed by atoms with Crippen molar-refractivity contribution in [1.29, 1.82) is 0 Å². The van der Waals surface area contributed by atoms with Crippen molar-refractivity contribution in [2.75, 3.05) is 17.1 Å². The Morgan fingerprint density at radius 1 is 0.927 bits per heavy atom. The predicted octanol–water partition coefficient (Wildman–Crippen LogP) is 5.42. The lowest BCUT2D eigenvalue weighted by Gasteiger charge is -2.33. The van der Waals surface area contributed by atoms with Crippen molar-refractivity contribution < 1.29 is 22.7 Å².